The zero-order valence-electron chi connectivity index (χ0n) is 9.14. The van der Waals surface area contributed by atoms with Crippen molar-refractivity contribution in [3.8, 4) is 6.07 Å². The van der Waals surface area contributed by atoms with E-state index in [-0.39, 0.29) is 5.91 Å². The van der Waals surface area contributed by atoms with Crippen molar-refractivity contribution in [3.05, 3.63) is 36.0 Å². The number of hydrogen-bond acceptors (Lipinski definition) is 3. The lowest BCUT2D eigenvalue weighted by Gasteiger charge is -2.34. The van der Waals surface area contributed by atoms with Gasteiger partial charge >= 0.3 is 0 Å². The Bertz CT molecular complexity index is 513. The third-order valence-corrected chi connectivity index (χ3v) is 2.69. The Morgan fingerprint density at radius 2 is 1.75 bits per heavy atom. The number of rotatable bonds is 0. The Labute approximate surface area is 94.0 Å². The van der Waals surface area contributed by atoms with E-state index in [4.69, 9.17) is 5.26 Å². The molecule has 2 rings (SSSR count). The number of allylic oxidation sites excluding steroid dienone is 1. The molecule has 0 N–H and O–H groups in total. The summed E-state index contributed by atoms with van der Waals surface area (Å²) in [6.45, 7) is 0. The fourth-order valence-electron chi connectivity index (χ4n) is 1.81. The monoisotopic (exact) mass is 213 g/mol. The van der Waals surface area contributed by atoms with E-state index in [0.717, 1.165) is 11.4 Å². The highest BCUT2D eigenvalue weighted by Gasteiger charge is 2.28. The van der Waals surface area contributed by atoms with Crippen molar-refractivity contribution >= 4 is 17.3 Å². The molecular weight excluding hydrogens is 202 g/mol. The van der Waals surface area contributed by atoms with Gasteiger partial charge in [-0.3, -0.25) is 4.79 Å². The van der Waals surface area contributed by atoms with Crippen LogP contribution in [-0.4, -0.2) is 20.0 Å². The quantitative estimate of drug-likeness (QED) is 0.484. The van der Waals surface area contributed by atoms with Crippen molar-refractivity contribution in [3.63, 3.8) is 0 Å². The van der Waals surface area contributed by atoms with Crippen LogP contribution in [0, 0.1) is 11.3 Å². The Morgan fingerprint density at radius 1 is 1.19 bits per heavy atom. The Balaban J connectivity index is 2.62. The molecule has 0 aromatic heterocycles. The van der Waals surface area contributed by atoms with Crippen LogP contribution in [-0.2, 0) is 4.79 Å². The molecule has 80 valence electrons. The maximum absolute atomic E-state index is 12.0. The Hall–Kier alpha value is -2.28. The van der Waals surface area contributed by atoms with Gasteiger partial charge in [0.15, 0.2) is 0 Å². The van der Waals surface area contributed by atoms with Crippen LogP contribution in [0.25, 0.3) is 0 Å². The number of carbonyl (C=O) groups excluding carboxylic acids is 1. The molecule has 4 heteroatoms. The van der Waals surface area contributed by atoms with Crippen molar-refractivity contribution in [1.82, 2.24) is 0 Å². The second-order valence-corrected chi connectivity index (χ2v) is 3.57. The number of carbonyl (C=O) groups is 1. The minimum atomic E-state index is -0.164. The van der Waals surface area contributed by atoms with Gasteiger partial charge in [0.2, 0.25) is 0 Å². The standard InChI is InChI=1S/C12H11N3O/c1-14-9-5-3-4-6-10(9)15(2)12(16)11(14)7-8-13/h3-7H,1-2H3/b11-7+. The summed E-state index contributed by atoms with van der Waals surface area (Å²) in [7, 11) is 3.49. The molecule has 1 aliphatic rings. The van der Waals surface area contributed by atoms with Crippen LogP contribution in [0.3, 0.4) is 0 Å². The van der Waals surface area contributed by atoms with Crippen molar-refractivity contribution in [1.29, 1.82) is 5.26 Å². The van der Waals surface area contributed by atoms with Gasteiger partial charge in [-0.1, -0.05) is 12.1 Å². The van der Waals surface area contributed by atoms with Gasteiger partial charge in [-0.05, 0) is 12.1 Å². The first-order chi connectivity index (χ1) is 7.66. The number of nitrogens with zero attached hydrogens (tertiary/aromatic N) is 3. The first-order valence-corrected chi connectivity index (χ1v) is 4.87. The molecule has 0 saturated heterocycles. The van der Waals surface area contributed by atoms with Gasteiger partial charge in [0.1, 0.15) is 5.70 Å². The largest absolute Gasteiger partial charge is 0.338 e. The smallest absolute Gasteiger partial charge is 0.275 e. The predicted molar refractivity (Wildman–Crippen MR) is 62.0 cm³/mol. The second kappa shape index (κ2) is 3.70. The second-order valence-electron chi connectivity index (χ2n) is 3.57. The van der Waals surface area contributed by atoms with Crippen molar-refractivity contribution in [2.24, 2.45) is 0 Å². The molecule has 4 nitrogen and oxygen atoms in total. The zero-order chi connectivity index (χ0) is 11.7. The average Bonchev–Trinajstić information content (AvgIpc) is 2.32. The Morgan fingerprint density at radius 3 is 2.31 bits per heavy atom. The summed E-state index contributed by atoms with van der Waals surface area (Å²) in [6.07, 6.45) is 1.27. The SMILES string of the molecule is CN1C(=O)/C(=C\C#N)N(C)c2ccccc21. The maximum atomic E-state index is 12.0. The van der Waals surface area contributed by atoms with E-state index < -0.39 is 0 Å². The number of fused-ring (bicyclic) bond motifs is 1. The van der Waals surface area contributed by atoms with Gasteiger partial charge in [0.05, 0.1) is 17.4 Å². The summed E-state index contributed by atoms with van der Waals surface area (Å²) in [5.41, 5.74) is 2.17. The van der Waals surface area contributed by atoms with Crippen molar-refractivity contribution in [2.45, 2.75) is 0 Å². The van der Waals surface area contributed by atoms with E-state index in [1.807, 2.05) is 30.3 Å². The topological polar surface area (TPSA) is 47.3 Å². The zero-order valence-corrected chi connectivity index (χ0v) is 9.14. The number of anilines is 2. The number of benzene rings is 1. The van der Waals surface area contributed by atoms with Crippen LogP contribution >= 0.6 is 0 Å². The van der Waals surface area contributed by atoms with Crippen molar-refractivity contribution < 1.29 is 4.79 Å². The van der Waals surface area contributed by atoms with Gasteiger partial charge in [-0.25, -0.2) is 0 Å². The number of nitriles is 1. The molecule has 0 radical (unpaired) electrons. The Kier molecular flexibility index (Phi) is 2.37. The van der Waals surface area contributed by atoms with Crippen LogP contribution in [0.2, 0.25) is 0 Å². The molecule has 0 saturated carbocycles. The molecule has 1 heterocycles. The van der Waals surface area contributed by atoms with Crippen LogP contribution < -0.4 is 9.80 Å². The molecule has 0 aliphatic carbocycles. The summed E-state index contributed by atoms with van der Waals surface area (Å²) in [4.78, 5) is 15.2. The molecule has 1 aliphatic heterocycles. The van der Waals surface area contributed by atoms with E-state index in [9.17, 15) is 4.79 Å². The average molecular weight is 213 g/mol. The highest BCUT2D eigenvalue weighted by atomic mass is 16.2. The van der Waals surface area contributed by atoms with Gasteiger partial charge < -0.3 is 9.80 Å². The molecule has 0 atom stereocenters. The van der Waals surface area contributed by atoms with E-state index in [2.05, 4.69) is 0 Å². The number of amides is 1. The molecule has 16 heavy (non-hydrogen) atoms. The highest BCUT2D eigenvalue weighted by molar-refractivity contribution is 6.13. The van der Waals surface area contributed by atoms with Crippen LogP contribution in [0.1, 0.15) is 0 Å². The normalized spacial score (nSPS) is 17.3. The minimum Gasteiger partial charge on any atom is -0.338 e. The van der Waals surface area contributed by atoms with Crippen LogP contribution in [0.5, 0.6) is 0 Å². The minimum absolute atomic E-state index is 0.164. The van der Waals surface area contributed by atoms with E-state index in [1.165, 1.54) is 6.08 Å². The fourth-order valence-corrected chi connectivity index (χ4v) is 1.81. The van der Waals surface area contributed by atoms with E-state index >= 15 is 0 Å². The molecule has 0 spiro atoms. The number of para-hydroxylation sites is 2. The molecule has 1 aromatic rings. The summed E-state index contributed by atoms with van der Waals surface area (Å²) in [5.74, 6) is -0.164. The first kappa shape index (κ1) is 10.2. The number of hydrogen-bond donors (Lipinski definition) is 0. The van der Waals surface area contributed by atoms with Crippen molar-refractivity contribution in [2.75, 3.05) is 23.9 Å². The molecular formula is C12H11N3O. The predicted octanol–water partition coefficient (Wildman–Crippen LogP) is 1.51. The summed E-state index contributed by atoms with van der Waals surface area (Å²) in [6, 6.07) is 9.49. The highest BCUT2D eigenvalue weighted by Crippen LogP contribution is 2.35. The van der Waals surface area contributed by atoms with Gasteiger partial charge in [0, 0.05) is 20.2 Å². The van der Waals surface area contributed by atoms with Crippen LogP contribution in [0.15, 0.2) is 36.0 Å². The molecule has 0 bridgehead atoms. The summed E-state index contributed by atoms with van der Waals surface area (Å²) >= 11 is 0. The molecule has 1 amide bonds. The maximum Gasteiger partial charge on any atom is 0.275 e. The molecule has 0 unspecified atom stereocenters. The molecule has 1 aromatic carbocycles. The van der Waals surface area contributed by atoms with Gasteiger partial charge in [-0.15, -0.1) is 0 Å². The van der Waals surface area contributed by atoms with E-state index in [1.54, 1.807) is 23.9 Å². The lowest BCUT2D eigenvalue weighted by molar-refractivity contribution is -0.115. The molecule has 0 fully saturated rings. The lowest BCUT2D eigenvalue weighted by atomic mass is 10.1. The third-order valence-electron chi connectivity index (χ3n) is 2.69. The first-order valence-electron chi connectivity index (χ1n) is 4.87. The summed E-state index contributed by atoms with van der Waals surface area (Å²) in [5, 5.41) is 8.66. The van der Waals surface area contributed by atoms with Crippen LogP contribution in [0.4, 0.5) is 11.4 Å². The third kappa shape index (κ3) is 1.34. The fraction of sp³-hybridized carbons (Fsp3) is 0.167. The number of likely N-dealkylation sites (N-methyl/N-ethyl adjacent to an activating group) is 2. The van der Waals surface area contributed by atoms with E-state index in [0.29, 0.717) is 5.70 Å². The lowest BCUT2D eigenvalue weighted by Crippen LogP contribution is -2.40. The van der Waals surface area contributed by atoms with Gasteiger partial charge in [-0.2, -0.15) is 5.26 Å². The van der Waals surface area contributed by atoms with Gasteiger partial charge in [0.25, 0.3) is 5.91 Å². The summed E-state index contributed by atoms with van der Waals surface area (Å²) < 4.78 is 0.